The molecule has 10 heterocycles. The predicted molar refractivity (Wildman–Crippen MR) is 192 cm³/mol. The highest BCUT2D eigenvalue weighted by atomic mass is 35.5. The quantitative estimate of drug-likeness (QED) is 0.486. The Balaban J connectivity index is 0.000000143. The van der Waals surface area contributed by atoms with Crippen LogP contribution in [0.15, 0.2) is 0 Å². The molecular formula is C32H49Cl3N10O6. The minimum Gasteiger partial charge on any atom is -0.378 e. The molecule has 0 saturated carbocycles. The van der Waals surface area contributed by atoms with Gasteiger partial charge < -0.3 is 48.4 Å². The van der Waals surface area contributed by atoms with Crippen LogP contribution in [0, 0.1) is 0 Å². The highest BCUT2D eigenvalue weighted by Gasteiger charge is 2.42. The molecule has 2 aromatic heterocycles. The number of rotatable bonds is 3. The average Bonchev–Trinajstić information content (AvgIpc) is 3.49. The molecule has 10 rings (SSSR count). The number of morpholine rings is 6. The van der Waals surface area contributed by atoms with Crippen molar-refractivity contribution in [3.8, 4) is 0 Å². The number of nitrogens with one attached hydrogen (secondary N) is 1. The molecule has 4 unspecified atom stereocenters. The molecule has 0 amide bonds. The third kappa shape index (κ3) is 8.71. The van der Waals surface area contributed by atoms with Crippen LogP contribution in [0.5, 0.6) is 0 Å². The van der Waals surface area contributed by atoms with E-state index in [-0.39, 0.29) is 42.8 Å². The van der Waals surface area contributed by atoms with Crippen LogP contribution >= 0.6 is 34.8 Å². The van der Waals surface area contributed by atoms with Gasteiger partial charge in [0.15, 0.2) is 0 Å². The van der Waals surface area contributed by atoms with Crippen LogP contribution in [-0.4, -0.2) is 158 Å². The van der Waals surface area contributed by atoms with E-state index in [9.17, 15) is 0 Å². The maximum absolute atomic E-state index is 6.25. The van der Waals surface area contributed by atoms with Gasteiger partial charge in [0.25, 0.3) is 0 Å². The number of fused-ring (bicyclic) bond motifs is 8. The molecule has 8 aliphatic rings. The number of ether oxygens (including phenoxy) is 6. The first-order chi connectivity index (χ1) is 24.0. The highest BCUT2D eigenvalue weighted by Crippen LogP contribution is 2.35. The maximum atomic E-state index is 6.25. The summed E-state index contributed by atoms with van der Waals surface area (Å²) in [6.07, 6.45) is 4.43. The first-order valence-corrected chi connectivity index (χ1v) is 18.2. The lowest BCUT2D eigenvalue weighted by molar-refractivity contribution is -0.0556. The fourth-order valence-corrected chi connectivity index (χ4v) is 8.46. The highest BCUT2D eigenvalue weighted by molar-refractivity contribution is 6.31. The van der Waals surface area contributed by atoms with Gasteiger partial charge in [-0.2, -0.15) is 29.9 Å². The molecule has 4 atom stereocenters. The van der Waals surface area contributed by atoms with Gasteiger partial charge in [0.05, 0.1) is 128 Å². The summed E-state index contributed by atoms with van der Waals surface area (Å²) in [6, 6.07) is 2.53. The lowest BCUT2D eigenvalue weighted by Gasteiger charge is -2.45. The van der Waals surface area contributed by atoms with Gasteiger partial charge in [-0.05, 0) is 60.5 Å². The molecule has 8 fully saturated rings. The van der Waals surface area contributed by atoms with Crippen molar-refractivity contribution in [2.24, 2.45) is 0 Å². The van der Waals surface area contributed by atoms with Crippen LogP contribution in [0.1, 0.15) is 40.5 Å². The Morgan fingerprint density at radius 2 is 0.667 bits per heavy atom. The topological polar surface area (TPSA) is 154 Å². The molecule has 51 heavy (non-hydrogen) atoms. The Morgan fingerprint density at radius 3 is 1.02 bits per heavy atom. The first-order valence-electron chi connectivity index (χ1n) is 17.0. The van der Waals surface area contributed by atoms with Crippen molar-refractivity contribution in [1.29, 1.82) is 0 Å². The zero-order valence-electron chi connectivity index (χ0n) is 27.0. The Morgan fingerprint density at radius 1 is 0.392 bits per heavy atom. The lowest BCUT2D eigenvalue weighted by Crippen LogP contribution is -2.60. The van der Waals surface area contributed by atoms with E-state index in [1.54, 1.807) is 0 Å². The van der Waals surface area contributed by atoms with E-state index in [1.807, 2.05) is 0 Å². The van der Waals surface area contributed by atoms with Crippen LogP contribution in [0.3, 0.4) is 0 Å². The average molecular weight is 776 g/mol. The van der Waals surface area contributed by atoms with E-state index >= 15 is 0 Å². The van der Waals surface area contributed by atoms with Gasteiger partial charge in [0.2, 0.25) is 33.7 Å². The Labute approximate surface area is 314 Å². The van der Waals surface area contributed by atoms with Crippen molar-refractivity contribution in [3.63, 3.8) is 0 Å². The molecule has 1 N–H and O–H groups in total. The van der Waals surface area contributed by atoms with Crippen LogP contribution < -0.4 is 20.0 Å². The minimum absolute atomic E-state index is 0. The predicted octanol–water partition coefficient (Wildman–Crippen LogP) is 2.69. The Kier molecular flexibility index (Phi) is 13.2. The molecule has 19 heteroatoms. The third-order valence-electron chi connectivity index (χ3n) is 10.1. The summed E-state index contributed by atoms with van der Waals surface area (Å²) < 4.78 is 33.0. The lowest BCUT2D eigenvalue weighted by atomic mass is 10.1. The molecule has 0 aromatic carbocycles. The second-order valence-corrected chi connectivity index (χ2v) is 14.5. The van der Waals surface area contributed by atoms with Crippen LogP contribution in [0.2, 0.25) is 15.9 Å². The van der Waals surface area contributed by atoms with E-state index in [4.69, 9.17) is 68.2 Å². The van der Waals surface area contributed by atoms with Crippen molar-refractivity contribution in [1.82, 2.24) is 35.2 Å². The number of anilines is 3. The summed E-state index contributed by atoms with van der Waals surface area (Å²) in [5, 5.41) is 3.92. The number of hydrogen-bond donors (Lipinski definition) is 1. The molecule has 8 aliphatic heterocycles. The molecule has 284 valence electrons. The molecule has 0 radical (unpaired) electrons. The van der Waals surface area contributed by atoms with Crippen LogP contribution in [-0.2, 0) is 28.4 Å². The third-order valence-corrected chi connectivity index (χ3v) is 10.6. The SMILES string of the molecule is C.C.C1OCC2COCC1N2.Clc1nc(Cl)nc(N2C3CCC2COC3)n1.Clc1nc(N2C3CCC2COC3)nc(N2C3COCC2COC3)n1. The summed E-state index contributed by atoms with van der Waals surface area (Å²) in [6.45, 7) is 8.65. The molecular weight excluding hydrogens is 727 g/mol. The standard InChI is InChI=1S/C15H20ClN5O3.C9H10Cl2N4O.C6H11NO2.2CH4/c16-13-17-14(20-9-1-2-10(20)4-22-3-9)19-15(18-13)21-11-5-23-7-12(21)8-24-6-11;10-7-12-8(11)14-9(13-7)15-5-1-2-6(15)4-16-3-5;1-5-2-9-4-6(7-5)3-8-1;;/h9-12H,1-8H2;5-6H,1-4H2;5-7H,1-4H2;2*1H4. The zero-order valence-corrected chi connectivity index (χ0v) is 29.3. The fourth-order valence-electron chi connectivity index (χ4n) is 7.95. The normalized spacial score (nSPS) is 33.1. The summed E-state index contributed by atoms with van der Waals surface area (Å²) in [7, 11) is 0. The molecule has 0 spiro atoms. The second kappa shape index (κ2) is 17.4. The van der Waals surface area contributed by atoms with Crippen molar-refractivity contribution in [2.45, 2.75) is 88.9 Å². The van der Waals surface area contributed by atoms with Crippen molar-refractivity contribution in [2.75, 3.05) is 94.0 Å². The number of halogens is 3. The maximum Gasteiger partial charge on any atom is 0.232 e. The zero-order chi connectivity index (χ0) is 33.3. The minimum atomic E-state index is 0. The van der Waals surface area contributed by atoms with E-state index < -0.39 is 0 Å². The molecule has 16 nitrogen and oxygen atoms in total. The molecule has 8 bridgehead atoms. The Bertz CT molecular complexity index is 1360. The smallest absolute Gasteiger partial charge is 0.232 e. The molecule has 8 saturated heterocycles. The second-order valence-electron chi connectivity index (χ2n) is 13.5. The van der Waals surface area contributed by atoms with E-state index in [0.717, 1.165) is 78.5 Å². The number of nitrogens with zero attached hydrogens (tertiary/aromatic N) is 9. The van der Waals surface area contributed by atoms with Crippen molar-refractivity contribution < 1.29 is 28.4 Å². The number of aromatic nitrogens is 6. The van der Waals surface area contributed by atoms with Crippen molar-refractivity contribution in [3.05, 3.63) is 15.9 Å². The van der Waals surface area contributed by atoms with Crippen molar-refractivity contribution >= 4 is 52.6 Å². The largest absolute Gasteiger partial charge is 0.378 e. The van der Waals surface area contributed by atoms with E-state index in [2.05, 4.69) is 44.9 Å². The van der Waals surface area contributed by atoms with E-state index in [0.29, 0.717) is 80.5 Å². The van der Waals surface area contributed by atoms with Gasteiger partial charge in [-0.25, -0.2) is 0 Å². The van der Waals surface area contributed by atoms with Gasteiger partial charge in [-0.15, -0.1) is 0 Å². The van der Waals surface area contributed by atoms with Gasteiger partial charge in [-0.1, -0.05) is 14.9 Å². The number of hydrogen-bond acceptors (Lipinski definition) is 16. The summed E-state index contributed by atoms with van der Waals surface area (Å²) in [4.78, 5) is 32.2. The Hall–Kier alpha value is -1.99. The van der Waals surface area contributed by atoms with Gasteiger partial charge in [0.1, 0.15) is 0 Å². The van der Waals surface area contributed by atoms with Gasteiger partial charge in [-0.3, -0.25) is 0 Å². The van der Waals surface area contributed by atoms with E-state index in [1.165, 1.54) is 0 Å². The van der Waals surface area contributed by atoms with Gasteiger partial charge >= 0.3 is 0 Å². The summed E-state index contributed by atoms with van der Waals surface area (Å²) >= 11 is 17.8. The van der Waals surface area contributed by atoms with Gasteiger partial charge in [0, 0.05) is 0 Å². The monoisotopic (exact) mass is 774 g/mol. The fraction of sp³-hybridized carbons (Fsp3) is 0.812. The van der Waals surface area contributed by atoms with Crippen LogP contribution in [0.4, 0.5) is 17.8 Å². The molecule has 0 aliphatic carbocycles. The molecule has 2 aromatic rings. The first kappa shape index (κ1) is 38.7. The summed E-state index contributed by atoms with van der Waals surface area (Å²) in [5.74, 6) is 1.88. The van der Waals surface area contributed by atoms with Crippen LogP contribution in [0.25, 0.3) is 0 Å². The summed E-state index contributed by atoms with van der Waals surface area (Å²) in [5.41, 5.74) is 0.